The third-order valence-corrected chi connectivity index (χ3v) is 6.01. The number of fused-ring (bicyclic) bond motifs is 1. The largest absolute Gasteiger partial charge is 0.502 e. The van der Waals surface area contributed by atoms with Crippen LogP contribution < -0.4 is 10.4 Å². The minimum Gasteiger partial charge on any atom is -0.502 e. The van der Waals surface area contributed by atoms with Gasteiger partial charge in [0.2, 0.25) is 5.43 Å². The van der Waals surface area contributed by atoms with Crippen molar-refractivity contribution in [3.05, 3.63) is 93.2 Å². The predicted octanol–water partition coefficient (Wildman–Crippen LogP) is 2.63. The molecule has 1 aromatic carbocycles. The molecule has 1 amide bonds. The Labute approximate surface area is 211 Å². The van der Waals surface area contributed by atoms with Crippen LogP contribution in [-0.4, -0.2) is 57.8 Å². The van der Waals surface area contributed by atoms with Gasteiger partial charge in [0, 0.05) is 38.0 Å². The van der Waals surface area contributed by atoms with E-state index in [1.807, 2.05) is 6.92 Å². The average Bonchev–Trinajstić information content (AvgIpc) is 2.88. The molecule has 0 bridgehead atoms. The molecule has 0 saturated carbocycles. The van der Waals surface area contributed by atoms with Gasteiger partial charge in [-0.05, 0) is 37.1 Å². The first-order valence-corrected chi connectivity index (χ1v) is 11.8. The topological polar surface area (TPSA) is 105 Å². The Bertz CT molecular complexity index is 1360. The van der Waals surface area contributed by atoms with E-state index < -0.39 is 34.5 Å². The summed E-state index contributed by atoms with van der Waals surface area (Å²) in [5.41, 5.74) is -0.830. The van der Waals surface area contributed by atoms with Crippen LogP contribution in [0.3, 0.4) is 0 Å². The zero-order valence-corrected chi connectivity index (χ0v) is 20.2. The molecule has 0 unspecified atom stereocenters. The van der Waals surface area contributed by atoms with Crippen molar-refractivity contribution in [3.63, 3.8) is 0 Å². The van der Waals surface area contributed by atoms with Crippen LogP contribution in [0.25, 0.3) is 0 Å². The number of Topliss-reactive ketones (excluding diaryl/α,β-unsaturated/α-hetero) is 1. The number of nitrogens with zero attached hydrogens (tertiary/aromatic N) is 4. The summed E-state index contributed by atoms with van der Waals surface area (Å²) in [6.07, 6.45) is 2.51. The fourth-order valence-electron chi connectivity index (χ4n) is 4.09. The van der Waals surface area contributed by atoms with Crippen LogP contribution in [0.5, 0.6) is 5.75 Å². The SMILES string of the molecule is CCOCCN1CN(Cc2ccccn2)n2cc(C(=O)CCc3ccc(F)cc3F)c(=O)c(O)c2C1=O. The average molecular weight is 513 g/mol. The molecule has 0 saturated heterocycles. The number of benzene rings is 1. The van der Waals surface area contributed by atoms with Crippen LogP contribution in [0.15, 0.2) is 53.6 Å². The first-order valence-electron chi connectivity index (χ1n) is 11.8. The summed E-state index contributed by atoms with van der Waals surface area (Å²) in [5.74, 6) is -3.62. The van der Waals surface area contributed by atoms with E-state index >= 15 is 0 Å². The lowest BCUT2D eigenvalue weighted by Gasteiger charge is -2.39. The van der Waals surface area contributed by atoms with Gasteiger partial charge in [-0.25, -0.2) is 8.78 Å². The molecule has 0 atom stereocenters. The van der Waals surface area contributed by atoms with Gasteiger partial charge in [-0.1, -0.05) is 12.1 Å². The second kappa shape index (κ2) is 11.3. The molecule has 11 heteroatoms. The number of hydrogen-bond donors (Lipinski definition) is 1. The number of aromatic nitrogens is 2. The Morgan fingerprint density at radius 1 is 1.19 bits per heavy atom. The number of ether oxygens (including phenoxy) is 1. The molecule has 1 aliphatic heterocycles. The highest BCUT2D eigenvalue weighted by atomic mass is 19.1. The van der Waals surface area contributed by atoms with Crippen molar-refractivity contribution in [2.24, 2.45) is 0 Å². The van der Waals surface area contributed by atoms with Crippen molar-refractivity contribution >= 4 is 11.7 Å². The molecule has 194 valence electrons. The standard InChI is InChI=1S/C26H26F2N4O5/c1-2-37-12-11-30-16-31(14-19-5-3-4-10-29-19)32-15-20(24(34)25(35)23(32)26(30)36)22(33)9-7-17-6-8-18(27)13-21(17)28/h3-6,8,10,13,15,35H,2,7,9,11-12,14,16H2,1H3. The second-order valence-electron chi connectivity index (χ2n) is 8.47. The number of aromatic hydroxyl groups is 1. The summed E-state index contributed by atoms with van der Waals surface area (Å²) in [4.78, 5) is 44.9. The van der Waals surface area contributed by atoms with E-state index in [-0.39, 0.29) is 56.0 Å². The van der Waals surface area contributed by atoms with Crippen LogP contribution in [0.1, 0.15) is 45.4 Å². The van der Waals surface area contributed by atoms with Gasteiger partial charge in [0.05, 0.1) is 24.4 Å². The van der Waals surface area contributed by atoms with Gasteiger partial charge in [-0.15, -0.1) is 0 Å². The van der Waals surface area contributed by atoms with Gasteiger partial charge < -0.3 is 14.7 Å². The van der Waals surface area contributed by atoms with E-state index in [4.69, 9.17) is 4.74 Å². The predicted molar refractivity (Wildman–Crippen MR) is 130 cm³/mol. The molecule has 1 aliphatic rings. The van der Waals surface area contributed by atoms with E-state index in [1.165, 1.54) is 21.8 Å². The second-order valence-corrected chi connectivity index (χ2v) is 8.47. The number of rotatable bonds is 10. The number of carbonyl (C=O) groups excluding carboxylic acids is 2. The quantitative estimate of drug-likeness (QED) is 0.329. The van der Waals surface area contributed by atoms with Gasteiger partial charge >= 0.3 is 0 Å². The molecular weight excluding hydrogens is 486 g/mol. The lowest BCUT2D eigenvalue weighted by atomic mass is 10.0. The van der Waals surface area contributed by atoms with Crippen LogP contribution in [-0.2, 0) is 17.7 Å². The summed E-state index contributed by atoms with van der Waals surface area (Å²) in [5, 5.41) is 12.4. The number of amides is 1. The molecule has 3 heterocycles. The van der Waals surface area contributed by atoms with E-state index in [2.05, 4.69) is 4.98 Å². The molecule has 0 spiro atoms. The molecule has 1 N–H and O–H groups in total. The number of carbonyl (C=O) groups is 2. The van der Waals surface area contributed by atoms with Crippen molar-refractivity contribution in [2.75, 3.05) is 31.4 Å². The van der Waals surface area contributed by atoms with Crippen molar-refractivity contribution in [3.8, 4) is 5.75 Å². The first-order chi connectivity index (χ1) is 17.8. The van der Waals surface area contributed by atoms with Crippen molar-refractivity contribution in [1.29, 1.82) is 0 Å². The Hall–Kier alpha value is -4.12. The molecular formula is C26H26F2N4O5. The Balaban J connectivity index is 1.67. The number of ketones is 1. The first kappa shape index (κ1) is 26.0. The minimum absolute atomic E-state index is 0.0747. The highest BCUT2D eigenvalue weighted by Crippen LogP contribution is 2.23. The van der Waals surface area contributed by atoms with E-state index in [9.17, 15) is 28.3 Å². The minimum atomic E-state index is -0.992. The van der Waals surface area contributed by atoms with E-state index in [1.54, 1.807) is 29.4 Å². The third kappa shape index (κ3) is 5.67. The zero-order chi connectivity index (χ0) is 26.5. The van der Waals surface area contributed by atoms with Gasteiger partial charge in [0.15, 0.2) is 17.2 Å². The van der Waals surface area contributed by atoms with Gasteiger partial charge in [-0.3, -0.25) is 29.1 Å². The highest BCUT2D eigenvalue weighted by Gasteiger charge is 2.34. The molecule has 2 aromatic heterocycles. The maximum Gasteiger partial charge on any atom is 0.277 e. The van der Waals surface area contributed by atoms with Crippen molar-refractivity contribution in [2.45, 2.75) is 26.3 Å². The van der Waals surface area contributed by atoms with Crippen molar-refractivity contribution in [1.82, 2.24) is 14.6 Å². The molecule has 0 radical (unpaired) electrons. The monoisotopic (exact) mass is 512 g/mol. The maximum atomic E-state index is 14.0. The van der Waals surface area contributed by atoms with E-state index in [0.717, 1.165) is 12.1 Å². The molecule has 9 nitrogen and oxygen atoms in total. The number of aryl methyl sites for hydroxylation is 1. The maximum absolute atomic E-state index is 14.0. The zero-order valence-electron chi connectivity index (χ0n) is 20.2. The smallest absolute Gasteiger partial charge is 0.277 e. The molecule has 3 aromatic rings. The highest BCUT2D eigenvalue weighted by molar-refractivity contribution is 6.00. The molecule has 37 heavy (non-hydrogen) atoms. The number of hydrogen-bond acceptors (Lipinski definition) is 7. The number of pyridine rings is 2. The van der Waals surface area contributed by atoms with Crippen LogP contribution in [0, 0.1) is 11.6 Å². The van der Waals surface area contributed by atoms with Crippen molar-refractivity contribution < 1.29 is 28.2 Å². The third-order valence-electron chi connectivity index (χ3n) is 6.01. The number of halogens is 2. The van der Waals surface area contributed by atoms with Crippen LogP contribution in [0.2, 0.25) is 0 Å². The summed E-state index contributed by atoms with van der Waals surface area (Å²) in [6, 6.07) is 8.39. The van der Waals surface area contributed by atoms with Gasteiger partial charge in [0.1, 0.15) is 18.3 Å². The van der Waals surface area contributed by atoms with E-state index in [0.29, 0.717) is 12.3 Å². The molecule has 0 aliphatic carbocycles. The summed E-state index contributed by atoms with van der Waals surface area (Å²) < 4.78 is 33.8. The molecule has 4 rings (SSSR count). The van der Waals surface area contributed by atoms with Gasteiger partial charge in [0.25, 0.3) is 5.91 Å². The normalized spacial score (nSPS) is 13.1. The molecule has 0 fully saturated rings. The van der Waals surface area contributed by atoms with Crippen LogP contribution >= 0.6 is 0 Å². The Morgan fingerprint density at radius 3 is 2.70 bits per heavy atom. The lowest BCUT2D eigenvalue weighted by molar-refractivity contribution is 0.0582. The van der Waals surface area contributed by atoms with Gasteiger partial charge in [-0.2, -0.15) is 0 Å². The van der Waals surface area contributed by atoms with Crippen LogP contribution in [0.4, 0.5) is 8.78 Å². The Kier molecular flexibility index (Phi) is 7.92. The summed E-state index contributed by atoms with van der Waals surface area (Å²) in [7, 11) is 0. The fraction of sp³-hybridized carbons (Fsp3) is 0.308. The summed E-state index contributed by atoms with van der Waals surface area (Å²) >= 11 is 0. The lowest BCUT2D eigenvalue weighted by Crippen LogP contribution is -2.54. The Morgan fingerprint density at radius 2 is 2.00 bits per heavy atom. The fourth-order valence-corrected chi connectivity index (χ4v) is 4.09. The summed E-state index contributed by atoms with van der Waals surface area (Å²) in [6.45, 7) is 3.09.